The second-order valence-electron chi connectivity index (χ2n) is 8.26. The van der Waals surface area contributed by atoms with E-state index >= 15 is 0 Å². The maximum absolute atomic E-state index is 13.1. The summed E-state index contributed by atoms with van der Waals surface area (Å²) in [6.45, 7) is 2.22. The Morgan fingerprint density at radius 2 is 1.80 bits per heavy atom. The topological polar surface area (TPSA) is 118 Å². The zero-order valence-electron chi connectivity index (χ0n) is 18.9. The molecule has 0 radical (unpaired) electrons. The van der Waals surface area contributed by atoms with Gasteiger partial charge in [-0.05, 0) is 56.3 Å². The van der Waals surface area contributed by atoms with Crippen molar-refractivity contribution in [3.63, 3.8) is 0 Å². The van der Waals surface area contributed by atoms with Gasteiger partial charge in [0.2, 0.25) is 0 Å². The summed E-state index contributed by atoms with van der Waals surface area (Å²) in [6.07, 6.45) is 5.03. The number of para-hydroxylation sites is 1. The zero-order valence-corrected chi connectivity index (χ0v) is 19.7. The van der Waals surface area contributed by atoms with E-state index < -0.39 is 10.8 Å². The number of anilines is 1. The molecule has 2 amide bonds. The molecule has 1 fully saturated rings. The lowest BCUT2D eigenvalue weighted by Gasteiger charge is -2.33. The fourth-order valence-electron chi connectivity index (χ4n) is 4.19. The highest BCUT2D eigenvalue weighted by molar-refractivity contribution is 6.34. The molecule has 2 heterocycles. The normalized spacial score (nSPS) is 14.8. The lowest BCUT2D eigenvalue weighted by Crippen LogP contribution is -2.40. The minimum absolute atomic E-state index is 0.0542. The van der Waals surface area contributed by atoms with Crippen LogP contribution in [0.4, 0.5) is 11.4 Å². The first kappa shape index (κ1) is 24.4. The first-order valence-corrected chi connectivity index (χ1v) is 11.7. The van der Waals surface area contributed by atoms with E-state index in [0.29, 0.717) is 12.2 Å². The van der Waals surface area contributed by atoms with Gasteiger partial charge in [0.25, 0.3) is 17.5 Å². The van der Waals surface area contributed by atoms with Crippen LogP contribution in [0.15, 0.2) is 65.3 Å². The molecule has 182 valence electrons. The molecule has 9 nitrogen and oxygen atoms in total. The third-order valence-electron chi connectivity index (χ3n) is 5.99. The predicted octanol–water partition coefficient (Wildman–Crippen LogP) is 5.05. The van der Waals surface area contributed by atoms with Crippen LogP contribution < -0.4 is 10.6 Å². The predicted molar refractivity (Wildman–Crippen MR) is 132 cm³/mol. The number of piperidine rings is 1. The van der Waals surface area contributed by atoms with Gasteiger partial charge in [-0.15, -0.1) is 0 Å². The summed E-state index contributed by atoms with van der Waals surface area (Å²) in [5.41, 5.74) is 0.439. The van der Waals surface area contributed by atoms with Crippen LogP contribution in [0, 0.1) is 10.1 Å². The third kappa shape index (κ3) is 5.87. The van der Waals surface area contributed by atoms with Crippen LogP contribution in [0.1, 0.15) is 51.8 Å². The van der Waals surface area contributed by atoms with Gasteiger partial charge >= 0.3 is 0 Å². The molecule has 1 saturated heterocycles. The molecule has 10 heteroatoms. The summed E-state index contributed by atoms with van der Waals surface area (Å²) >= 11 is 6.09. The molecular weight excluding hydrogens is 472 g/mol. The Morgan fingerprint density at radius 3 is 2.49 bits per heavy atom. The van der Waals surface area contributed by atoms with E-state index in [4.69, 9.17) is 16.0 Å². The number of nitro benzene ring substituents is 1. The number of halogens is 1. The van der Waals surface area contributed by atoms with E-state index in [0.717, 1.165) is 37.8 Å². The number of carbonyl (C=O) groups is 2. The highest BCUT2D eigenvalue weighted by Gasteiger charge is 2.26. The highest BCUT2D eigenvalue weighted by Crippen LogP contribution is 2.26. The van der Waals surface area contributed by atoms with Gasteiger partial charge < -0.3 is 15.1 Å². The summed E-state index contributed by atoms with van der Waals surface area (Å²) in [5, 5.41) is 16.5. The molecule has 1 aliphatic rings. The number of rotatable bonds is 8. The minimum Gasteiger partial charge on any atom is -0.468 e. The lowest BCUT2D eigenvalue weighted by atomic mass is 10.1. The molecule has 0 spiro atoms. The Balaban J connectivity index is 1.47. The van der Waals surface area contributed by atoms with E-state index in [1.54, 1.807) is 30.5 Å². The molecular formula is C25H25ClN4O5. The SMILES string of the molecule is O=C(Nc1ccccc1C(=O)NCC(c1ccco1)N1CCCCC1)c1ccc([N+](=O)[O-])cc1Cl. The summed E-state index contributed by atoms with van der Waals surface area (Å²) in [4.78, 5) is 38.6. The molecule has 2 N–H and O–H groups in total. The second kappa shape index (κ2) is 11.2. The Morgan fingerprint density at radius 1 is 1.03 bits per heavy atom. The van der Waals surface area contributed by atoms with Crippen molar-refractivity contribution in [2.75, 3.05) is 25.0 Å². The van der Waals surface area contributed by atoms with Crippen molar-refractivity contribution in [3.05, 3.63) is 92.9 Å². The van der Waals surface area contributed by atoms with Crippen LogP contribution in [-0.2, 0) is 0 Å². The lowest BCUT2D eigenvalue weighted by molar-refractivity contribution is -0.384. The highest BCUT2D eigenvalue weighted by atomic mass is 35.5. The van der Waals surface area contributed by atoms with Gasteiger partial charge in [-0.3, -0.25) is 24.6 Å². The van der Waals surface area contributed by atoms with Crippen LogP contribution in [0.25, 0.3) is 0 Å². The van der Waals surface area contributed by atoms with Crippen LogP contribution >= 0.6 is 11.6 Å². The van der Waals surface area contributed by atoms with Gasteiger partial charge in [0.1, 0.15) is 5.76 Å². The average Bonchev–Trinajstić information content (AvgIpc) is 3.39. The van der Waals surface area contributed by atoms with Crippen molar-refractivity contribution < 1.29 is 18.9 Å². The molecule has 1 atom stereocenters. The molecule has 4 rings (SSSR count). The molecule has 2 aromatic carbocycles. The monoisotopic (exact) mass is 496 g/mol. The zero-order chi connectivity index (χ0) is 24.8. The number of likely N-dealkylation sites (tertiary alicyclic amines) is 1. The second-order valence-corrected chi connectivity index (χ2v) is 8.67. The van der Waals surface area contributed by atoms with E-state index in [-0.39, 0.29) is 33.8 Å². The van der Waals surface area contributed by atoms with Gasteiger partial charge in [-0.1, -0.05) is 30.2 Å². The average molecular weight is 497 g/mol. The van der Waals surface area contributed by atoms with Gasteiger partial charge in [0.15, 0.2) is 0 Å². The van der Waals surface area contributed by atoms with Crippen molar-refractivity contribution in [2.24, 2.45) is 0 Å². The summed E-state index contributed by atoms with van der Waals surface area (Å²) in [7, 11) is 0. The van der Waals surface area contributed by atoms with Gasteiger partial charge in [-0.25, -0.2) is 0 Å². The first-order chi connectivity index (χ1) is 16.9. The molecule has 1 aromatic heterocycles. The summed E-state index contributed by atoms with van der Waals surface area (Å²) in [5.74, 6) is -0.127. The standard InChI is InChI=1S/C25H25ClN4O5/c26-20-15-17(30(33)34)10-11-18(20)25(32)28-21-8-3-2-7-19(21)24(31)27-16-22(23-9-6-14-35-23)29-12-4-1-5-13-29/h2-3,6-11,14-15,22H,1,4-5,12-13,16H2,(H,27,31)(H,28,32). The van der Waals surface area contributed by atoms with Crippen molar-refractivity contribution >= 4 is 34.8 Å². The Kier molecular flexibility index (Phi) is 7.79. The maximum atomic E-state index is 13.1. The quantitative estimate of drug-likeness (QED) is 0.333. The van der Waals surface area contributed by atoms with Crippen LogP contribution in [0.5, 0.6) is 0 Å². The Bertz CT molecular complexity index is 1210. The van der Waals surface area contributed by atoms with Gasteiger partial charge in [0.05, 0.1) is 39.1 Å². The van der Waals surface area contributed by atoms with Crippen LogP contribution in [-0.4, -0.2) is 41.3 Å². The van der Waals surface area contributed by atoms with E-state index in [2.05, 4.69) is 15.5 Å². The van der Waals surface area contributed by atoms with Crippen LogP contribution in [0.2, 0.25) is 5.02 Å². The number of hydrogen-bond donors (Lipinski definition) is 2. The fourth-order valence-corrected chi connectivity index (χ4v) is 4.45. The summed E-state index contributed by atoms with van der Waals surface area (Å²) < 4.78 is 5.64. The number of nitrogens with one attached hydrogen (secondary N) is 2. The molecule has 1 aliphatic heterocycles. The van der Waals surface area contributed by atoms with Crippen molar-refractivity contribution in [3.8, 4) is 0 Å². The molecule has 1 unspecified atom stereocenters. The van der Waals surface area contributed by atoms with Crippen LogP contribution in [0.3, 0.4) is 0 Å². The van der Waals surface area contributed by atoms with E-state index in [1.165, 1.54) is 18.6 Å². The van der Waals surface area contributed by atoms with Gasteiger partial charge in [0, 0.05) is 18.7 Å². The Hall–Kier alpha value is -3.69. The smallest absolute Gasteiger partial charge is 0.270 e. The van der Waals surface area contributed by atoms with E-state index in [1.807, 2.05) is 12.1 Å². The largest absolute Gasteiger partial charge is 0.468 e. The number of hydrogen-bond acceptors (Lipinski definition) is 6. The maximum Gasteiger partial charge on any atom is 0.270 e. The number of amides is 2. The number of non-ortho nitro benzene ring substituents is 1. The number of benzene rings is 2. The molecule has 0 saturated carbocycles. The molecule has 0 bridgehead atoms. The number of nitrogens with zero attached hydrogens (tertiary/aromatic N) is 2. The van der Waals surface area contributed by atoms with Crippen molar-refractivity contribution in [2.45, 2.75) is 25.3 Å². The fraction of sp³-hybridized carbons (Fsp3) is 0.280. The van der Waals surface area contributed by atoms with Gasteiger partial charge in [-0.2, -0.15) is 0 Å². The molecule has 0 aliphatic carbocycles. The number of nitro groups is 1. The summed E-state index contributed by atoms with van der Waals surface area (Å²) in [6, 6.07) is 13.9. The molecule has 3 aromatic rings. The number of carbonyl (C=O) groups excluding carboxylic acids is 2. The minimum atomic E-state index is -0.590. The third-order valence-corrected chi connectivity index (χ3v) is 6.30. The molecule has 35 heavy (non-hydrogen) atoms. The van der Waals surface area contributed by atoms with E-state index in [9.17, 15) is 19.7 Å². The van der Waals surface area contributed by atoms with Crippen molar-refractivity contribution in [1.29, 1.82) is 0 Å². The number of furan rings is 1. The first-order valence-electron chi connectivity index (χ1n) is 11.3. The Labute approximate surface area is 207 Å². The van der Waals surface area contributed by atoms with Crippen molar-refractivity contribution in [1.82, 2.24) is 10.2 Å².